The lowest BCUT2D eigenvalue weighted by Crippen LogP contribution is -2.10. The Morgan fingerprint density at radius 2 is 2.00 bits per heavy atom. The van der Waals surface area contributed by atoms with Crippen LogP contribution >= 0.6 is 11.6 Å². The molecule has 0 aliphatic rings. The van der Waals surface area contributed by atoms with E-state index in [0.717, 1.165) is 0 Å². The number of halogens is 1. The van der Waals surface area contributed by atoms with Gasteiger partial charge in [0.1, 0.15) is 5.75 Å². The zero-order valence-corrected chi connectivity index (χ0v) is 9.59. The second kappa shape index (κ2) is 4.11. The molecule has 0 amide bonds. The average molecular weight is 229 g/mol. The minimum atomic E-state index is -0.977. The lowest BCUT2D eigenvalue weighted by molar-refractivity contribution is -0.138. The summed E-state index contributed by atoms with van der Waals surface area (Å²) in [6.45, 7) is 4.93. The van der Waals surface area contributed by atoms with Gasteiger partial charge < -0.3 is 10.2 Å². The molecular weight excluding hydrogens is 216 g/mol. The number of phenols is 1. The maximum absolute atomic E-state index is 10.9. The number of aliphatic carboxylic acids is 1. The van der Waals surface area contributed by atoms with Crippen LogP contribution in [0.25, 0.3) is 0 Å². The summed E-state index contributed by atoms with van der Waals surface area (Å²) in [5, 5.41) is 19.2. The summed E-state index contributed by atoms with van der Waals surface area (Å²) in [5.74, 6) is -1.72. The summed E-state index contributed by atoms with van der Waals surface area (Å²) in [4.78, 5) is 10.9. The van der Waals surface area contributed by atoms with Gasteiger partial charge in [0.25, 0.3) is 0 Å². The van der Waals surface area contributed by atoms with E-state index in [4.69, 9.17) is 16.7 Å². The van der Waals surface area contributed by atoms with Crippen LogP contribution < -0.4 is 0 Å². The monoisotopic (exact) mass is 228 g/mol. The van der Waals surface area contributed by atoms with Crippen molar-refractivity contribution >= 4 is 17.6 Å². The third kappa shape index (κ3) is 2.07. The number of benzene rings is 1. The highest BCUT2D eigenvalue weighted by Gasteiger charge is 2.22. The Hall–Kier alpha value is -1.22. The van der Waals surface area contributed by atoms with E-state index >= 15 is 0 Å². The van der Waals surface area contributed by atoms with E-state index in [1.54, 1.807) is 19.9 Å². The quantitative estimate of drug-likeness (QED) is 0.818. The summed E-state index contributed by atoms with van der Waals surface area (Å²) in [6, 6.07) is 1.63. The molecule has 1 aromatic rings. The van der Waals surface area contributed by atoms with Crippen molar-refractivity contribution in [2.24, 2.45) is 0 Å². The first-order valence-corrected chi connectivity index (χ1v) is 4.95. The average Bonchev–Trinajstić information content (AvgIpc) is 2.15. The molecule has 1 atom stereocenters. The van der Waals surface area contributed by atoms with Crippen molar-refractivity contribution in [3.05, 3.63) is 27.8 Å². The molecule has 2 N–H and O–H groups in total. The maximum atomic E-state index is 10.9. The van der Waals surface area contributed by atoms with Crippen molar-refractivity contribution in [3.8, 4) is 5.75 Å². The van der Waals surface area contributed by atoms with Crippen molar-refractivity contribution in [1.29, 1.82) is 0 Å². The van der Waals surface area contributed by atoms with E-state index in [9.17, 15) is 9.90 Å². The number of rotatable bonds is 2. The standard InChI is InChI=1S/C11H13ClO3/c1-5-4-8(12)6(2)9(10(5)13)7(3)11(14)15/h4,7,13H,1-3H3,(H,14,15). The highest BCUT2D eigenvalue weighted by Crippen LogP contribution is 2.36. The molecule has 0 saturated carbocycles. The molecule has 0 saturated heterocycles. The fourth-order valence-electron chi connectivity index (χ4n) is 1.54. The highest BCUT2D eigenvalue weighted by molar-refractivity contribution is 6.31. The lowest BCUT2D eigenvalue weighted by Gasteiger charge is -2.15. The van der Waals surface area contributed by atoms with E-state index in [-0.39, 0.29) is 5.75 Å². The fourth-order valence-corrected chi connectivity index (χ4v) is 1.80. The molecule has 0 radical (unpaired) electrons. The predicted molar refractivity (Wildman–Crippen MR) is 58.6 cm³/mol. The van der Waals surface area contributed by atoms with E-state index in [0.29, 0.717) is 21.7 Å². The lowest BCUT2D eigenvalue weighted by atomic mass is 9.93. The number of carbonyl (C=O) groups is 1. The van der Waals surface area contributed by atoms with Crippen LogP contribution in [-0.2, 0) is 4.79 Å². The van der Waals surface area contributed by atoms with Crippen LogP contribution in [-0.4, -0.2) is 16.2 Å². The molecule has 0 spiro atoms. The van der Waals surface area contributed by atoms with Gasteiger partial charge in [0.2, 0.25) is 0 Å². The molecule has 0 aliphatic carbocycles. The third-order valence-electron chi connectivity index (χ3n) is 2.54. The fraction of sp³-hybridized carbons (Fsp3) is 0.364. The van der Waals surface area contributed by atoms with Crippen LogP contribution in [0.15, 0.2) is 6.07 Å². The molecule has 0 aromatic heterocycles. The molecule has 15 heavy (non-hydrogen) atoms. The molecule has 4 heteroatoms. The number of aryl methyl sites for hydroxylation is 1. The van der Waals surface area contributed by atoms with Gasteiger partial charge in [-0.3, -0.25) is 4.79 Å². The minimum Gasteiger partial charge on any atom is -0.507 e. The smallest absolute Gasteiger partial charge is 0.310 e. The van der Waals surface area contributed by atoms with Crippen molar-refractivity contribution in [3.63, 3.8) is 0 Å². The minimum absolute atomic E-state index is 0.0202. The van der Waals surface area contributed by atoms with Crippen molar-refractivity contribution in [2.45, 2.75) is 26.7 Å². The van der Waals surface area contributed by atoms with E-state index in [2.05, 4.69) is 0 Å². The topological polar surface area (TPSA) is 57.5 Å². The Morgan fingerprint density at radius 1 is 1.47 bits per heavy atom. The van der Waals surface area contributed by atoms with E-state index in [1.165, 1.54) is 6.92 Å². The Kier molecular flexibility index (Phi) is 3.25. The van der Waals surface area contributed by atoms with E-state index < -0.39 is 11.9 Å². The van der Waals surface area contributed by atoms with Gasteiger partial charge >= 0.3 is 5.97 Å². The number of phenolic OH excluding ortho intramolecular Hbond substituents is 1. The second-order valence-corrected chi connectivity index (χ2v) is 4.03. The van der Waals surface area contributed by atoms with Crippen molar-refractivity contribution in [2.75, 3.05) is 0 Å². The Morgan fingerprint density at radius 3 is 2.47 bits per heavy atom. The normalized spacial score (nSPS) is 12.5. The van der Waals surface area contributed by atoms with Gasteiger partial charge in [-0.05, 0) is 38.0 Å². The zero-order valence-electron chi connectivity index (χ0n) is 8.84. The summed E-state index contributed by atoms with van der Waals surface area (Å²) in [6.07, 6.45) is 0. The zero-order chi connectivity index (χ0) is 11.7. The number of hydrogen-bond donors (Lipinski definition) is 2. The summed E-state index contributed by atoms with van der Waals surface area (Å²) >= 11 is 5.94. The first kappa shape index (κ1) is 11.9. The van der Waals surface area contributed by atoms with Crippen LogP contribution in [0.2, 0.25) is 5.02 Å². The molecule has 1 rings (SSSR count). The SMILES string of the molecule is Cc1cc(Cl)c(C)c(C(C)C(=O)O)c1O. The summed E-state index contributed by atoms with van der Waals surface area (Å²) in [7, 11) is 0. The molecule has 0 fully saturated rings. The van der Waals surface area contributed by atoms with Gasteiger partial charge in [0.15, 0.2) is 0 Å². The number of carboxylic acid groups (broad SMARTS) is 1. The Labute approximate surface area is 93.3 Å². The van der Waals surface area contributed by atoms with Crippen molar-refractivity contribution < 1.29 is 15.0 Å². The van der Waals surface area contributed by atoms with E-state index in [1.807, 2.05) is 0 Å². The largest absolute Gasteiger partial charge is 0.507 e. The van der Waals surface area contributed by atoms with Crippen LogP contribution in [0.3, 0.4) is 0 Å². The van der Waals surface area contributed by atoms with Crippen LogP contribution in [0.4, 0.5) is 0 Å². The van der Waals surface area contributed by atoms with Crippen LogP contribution in [0, 0.1) is 13.8 Å². The number of carboxylic acids is 1. The molecule has 82 valence electrons. The first-order valence-electron chi connectivity index (χ1n) is 4.57. The first-order chi connectivity index (χ1) is 6.86. The predicted octanol–water partition coefficient (Wildman–Crippen LogP) is 2.85. The molecule has 1 unspecified atom stereocenters. The second-order valence-electron chi connectivity index (χ2n) is 3.62. The van der Waals surface area contributed by atoms with Crippen LogP contribution in [0.5, 0.6) is 5.75 Å². The van der Waals surface area contributed by atoms with Gasteiger partial charge in [-0.1, -0.05) is 11.6 Å². The van der Waals surface area contributed by atoms with Crippen molar-refractivity contribution in [1.82, 2.24) is 0 Å². The summed E-state index contributed by atoms with van der Waals surface area (Å²) < 4.78 is 0. The molecular formula is C11H13ClO3. The molecule has 0 bridgehead atoms. The van der Waals surface area contributed by atoms with Gasteiger partial charge in [-0.2, -0.15) is 0 Å². The number of hydrogen-bond acceptors (Lipinski definition) is 2. The molecule has 3 nitrogen and oxygen atoms in total. The highest BCUT2D eigenvalue weighted by atomic mass is 35.5. The Bertz CT molecular complexity index is 387. The summed E-state index contributed by atoms with van der Waals surface area (Å²) in [5.41, 5.74) is 1.61. The Balaban J connectivity index is 3.45. The van der Waals surface area contributed by atoms with Crippen LogP contribution in [0.1, 0.15) is 29.5 Å². The van der Waals surface area contributed by atoms with Gasteiger partial charge in [-0.15, -0.1) is 0 Å². The van der Waals surface area contributed by atoms with Gasteiger partial charge in [0.05, 0.1) is 5.92 Å². The number of aromatic hydroxyl groups is 1. The third-order valence-corrected chi connectivity index (χ3v) is 2.93. The van der Waals surface area contributed by atoms with Gasteiger partial charge in [-0.25, -0.2) is 0 Å². The molecule has 0 aliphatic heterocycles. The molecule has 0 heterocycles. The van der Waals surface area contributed by atoms with Gasteiger partial charge in [0, 0.05) is 10.6 Å². The molecule has 1 aromatic carbocycles. The maximum Gasteiger partial charge on any atom is 0.310 e.